The lowest BCUT2D eigenvalue weighted by Crippen LogP contribution is -2.14. The molecule has 20 heavy (non-hydrogen) atoms. The Hall–Kier alpha value is -1.21. The van der Waals surface area contributed by atoms with Gasteiger partial charge in [-0.25, -0.2) is 4.98 Å². The average Bonchev–Trinajstić information content (AvgIpc) is 2.82. The second-order valence-corrected chi connectivity index (χ2v) is 6.49. The van der Waals surface area contributed by atoms with Crippen LogP contribution in [0.2, 0.25) is 0 Å². The monoisotopic (exact) mass is 380 g/mol. The molecular formula is C15H17IN4. The van der Waals surface area contributed by atoms with Crippen molar-refractivity contribution in [2.45, 2.75) is 13.0 Å². The Balaban J connectivity index is 2.06. The van der Waals surface area contributed by atoms with E-state index in [4.69, 9.17) is 0 Å². The number of benzene rings is 1. The van der Waals surface area contributed by atoms with Gasteiger partial charge in [-0.05, 0) is 67.9 Å². The van der Waals surface area contributed by atoms with E-state index >= 15 is 0 Å². The molecule has 2 aromatic heterocycles. The lowest BCUT2D eigenvalue weighted by molar-refractivity contribution is 0.388. The van der Waals surface area contributed by atoms with Crippen LogP contribution in [-0.4, -0.2) is 40.1 Å². The Bertz CT molecular complexity index is 748. The van der Waals surface area contributed by atoms with Crippen LogP contribution < -0.4 is 0 Å². The first kappa shape index (κ1) is 13.8. The van der Waals surface area contributed by atoms with Gasteiger partial charge in [-0.2, -0.15) is 0 Å². The van der Waals surface area contributed by atoms with Crippen LogP contribution in [-0.2, 0) is 6.54 Å². The Kier molecular flexibility index (Phi) is 3.89. The number of aromatic nitrogens is 3. The lowest BCUT2D eigenvalue weighted by Gasteiger charge is -2.10. The summed E-state index contributed by atoms with van der Waals surface area (Å²) in [5.74, 6) is 0. The number of nitrogens with zero attached hydrogens (tertiary/aromatic N) is 4. The summed E-state index contributed by atoms with van der Waals surface area (Å²) in [7, 11) is 4.21. The zero-order valence-electron chi connectivity index (χ0n) is 11.7. The number of hydrogen-bond donors (Lipinski definition) is 0. The van der Waals surface area contributed by atoms with Gasteiger partial charge in [0.15, 0.2) is 0 Å². The molecule has 0 amide bonds. The Morgan fingerprint density at radius 3 is 2.85 bits per heavy atom. The second-order valence-electron chi connectivity index (χ2n) is 5.25. The number of imidazole rings is 1. The van der Waals surface area contributed by atoms with E-state index in [-0.39, 0.29) is 0 Å². The van der Waals surface area contributed by atoms with Crippen molar-refractivity contribution >= 4 is 44.5 Å². The van der Waals surface area contributed by atoms with Crippen molar-refractivity contribution in [3.63, 3.8) is 0 Å². The van der Waals surface area contributed by atoms with Crippen molar-refractivity contribution < 1.29 is 0 Å². The van der Waals surface area contributed by atoms with E-state index < -0.39 is 0 Å². The van der Waals surface area contributed by atoms with E-state index in [1.807, 2.05) is 12.5 Å². The highest BCUT2D eigenvalue weighted by Gasteiger charge is 2.08. The Morgan fingerprint density at radius 1 is 1.20 bits per heavy atom. The van der Waals surface area contributed by atoms with Gasteiger partial charge in [0, 0.05) is 15.5 Å². The Labute approximate surface area is 131 Å². The van der Waals surface area contributed by atoms with Gasteiger partial charge in [0.05, 0.1) is 23.6 Å². The number of fused-ring (bicyclic) bond motifs is 3. The van der Waals surface area contributed by atoms with Crippen molar-refractivity contribution in [3.05, 3.63) is 34.3 Å². The number of rotatable bonds is 4. The van der Waals surface area contributed by atoms with Crippen molar-refractivity contribution in [1.29, 1.82) is 0 Å². The first-order valence-corrected chi connectivity index (χ1v) is 7.77. The van der Waals surface area contributed by atoms with Gasteiger partial charge < -0.3 is 9.47 Å². The van der Waals surface area contributed by atoms with E-state index in [1.54, 1.807) is 0 Å². The van der Waals surface area contributed by atoms with Crippen LogP contribution >= 0.6 is 22.6 Å². The van der Waals surface area contributed by atoms with Crippen LogP contribution in [0.25, 0.3) is 21.9 Å². The molecule has 0 saturated carbocycles. The van der Waals surface area contributed by atoms with Crippen LogP contribution in [0.3, 0.4) is 0 Å². The molecule has 4 nitrogen and oxygen atoms in total. The Morgan fingerprint density at radius 2 is 2.05 bits per heavy atom. The van der Waals surface area contributed by atoms with Crippen molar-refractivity contribution in [2.75, 3.05) is 20.6 Å². The molecule has 0 saturated heterocycles. The first-order valence-electron chi connectivity index (χ1n) is 6.69. The van der Waals surface area contributed by atoms with Gasteiger partial charge in [0.1, 0.15) is 5.52 Å². The summed E-state index contributed by atoms with van der Waals surface area (Å²) in [6, 6.07) is 6.36. The average molecular weight is 380 g/mol. The van der Waals surface area contributed by atoms with E-state index in [9.17, 15) is 0 Å². The van der Waals surface area contributed by atoms with Crippen LogP contribution in [0, 0.1) is 3.57 Å². The van der Waals surface area contributed by atoms with Crippen LogP contribution in [0.4, 0.5) is 0 Å². The molecule has 1 aromatic carbocycles. The van der Waals surface area contributed by atoms with Crippen LogP contribution in [0.1, 0.15) is 6.42 Å². The molecule has 0 bridgehead atoms. The van der Waals surface area contributed by atoms with Gasteiger partial charge in [-0.15, -0.1) is 0 Å². The summed E-state index contributed by atoms with van der Waals surface area (Å²) in [6.45, 7) is 2.07. The van der Waals surface area contributed by atoms with Crippen LogP contribution in [0.5, 0.6) is 0 Å². The maximum atomic E-state index is 4.48. The fourth-order valence-electron chi connectivity index (χ4n) is 2.45. The number of pyridine rings is 1. The summed E-state index contributed by atoms with van der Waals surface area (Å²) in [6.07, 6.45) is 4.92. The molecule has 0 atom stereocenters. The third-order valence-electron chi connectivity index (χ3n) is 3.41. The lowest BCUT2D eigenvalue weighted by atomic mass is 10.2. The molecule has 5 heteroatoms. The van der Waals surface area contributed by atoms with Gasteiger partial charge in [-0.3, -0.25) is 4.98 Å². The second kappa shape index (κ2) is 5.65. The quantitative estimate of drug-likeness (QED) is 0.653. The van der Waals surface area contributed by atoms with Crippen molar-refractivity contribution in [2.24, 2.45) is 0 Å². The van der Waals surface area contributed by atoms with Gasteiger partial charge >= 0.3 is 0 Å². The highest BCUT2D eigenvalue weighted by atomic mass is 127. The smallest absolute Gasteiger partial charge is 0.107 e. The van der Waals surface area contributed by atoms with Crippen molar-refractivity contribution in [1.82, 2.24) is 19.4 Å². The van der Waals surface area contributed by atoms with Crippen LogP contribution in [0.15, 0.2) is 30.7 Å². The molecule has 0 aliphatic heterocycles. The standard InChI is InChI=1S/C15H17IN4/c1-19(2)6-3-7-20-10-18-14-9-17-13-5-4-11(16)8-12(13)15(14)20/h4-5,8-10H,3,6-7H2,1-2H3. The van der Waals surface area contributed by atoms with E-state index in [1.165, 1.54) is 14.5 Å². The molecular weight excluding hydrogens is 363 g/mol. The minimum absolute atomic E-state index is 0.976. The van der Waals surface area contributed by atoms with Crippen molar-refractivity contribution in [3.8, 4) is 0 Å². The number of hydrogen-bond acceptors (Lipinski definition) is 3. The summed E-state index contributed by atoms with van der Waals surface area (Å²) in [5, 5.41) is 1.19. The molecule has 3 rings (SSSR count). The molecule has 0 fully saturated rings. The summed E-state index contributed by atoms with van der Waals surface area (Å²) >= 11 is 2.34. The first-order chi connectivity index (χ1) is 9.65. The third kappa shape index (κ3) is 2.64. The summed E-state index contributed by atoms with van der Waals surface area (Å²) in [5.41, 5.74) is 3.21. The molecule has 0 aliphatic rings. The predicted molar refractivity (Wildman–Crippen MR) is 90.9 cm³/mol. The summed E-state index contributed by atoms with van der Waals surface area (Å²) < 4.78 is 3.48. The van der Waals surface area contributed by atoms with E-state index in [0.717, 1.165) is 30.5 Å². The fraction of sp³-hybridized carbons (Fsp3) is 0.333. The molecule has 0 N–H and O–H groups in total. The molecule has 0 spiro atoms. The fourth-order valence-corrected chi connectivity index (χ4v) is 2.94. The van der Waals surface area contributed by atoms with Gasteiger partial charge in [0.25, 0.3) is 0 Å². The molecule has 0 aliphatic carbocycles. The molecule has 0 unspecified atom stereocenters. The highest BCUT2D eigenvalue weighted by molar-refractivity contribution is 14.1. The molecule has 2 heterocycles. The zero-order chi connectivity index (χ0) is 14.1. The third-order valence-corrected chi connectivity index (χ3v) is 4.08. The SMILES string of the molecule is CN(C)CCCn1cnc2cnc3ccc(I)cc3c21. The highest BCUT2D eigenvalue weighted by Crippen LogP contribution is 2.24. The van der Waals surface area contributed by atoms with E-state index in [0.29, 0.717) is 0 Å². The largest absolute Gasteiger partial charge is 0.330 e. The molecule has 3 aromatic rings. The molecule has 0 radical (unpaired) electrons. The minimum Gasteiger partial charge on any atom is -0.330 e. The predicted octanol–water partition coefficient (Wildman–Crippen LogP) is 3.14. The zero-order valence-corrected chi connectivity index (χ0v) is 13.8. The maximum absolute atomic E-state index is 4.48. The maximum Gasteiger partial charge on any atom is 0.107 e. The molecule has 104 valence electrons. The number of halogens is 1. The van der Waals surface area contributed by atoms with Gasteiger partial charge in [-0.1, -0.05) is 0 Å². The number of aryl methyl sites for hydroxylation is 1. The minimum atomic E-state index is 0.976. The normalized spacial score (nSPS) is 11.8. The summed E-state index contributed by atoms with van der Waals surface area (Å²) in [4.78, 5) is 11.2. The van der Waals surface area contributed by atoms with Gasteiger partial charge in [0.2, 0.25) is 0 Å². The van der Waals surface area contributed by atoms with E-state index in [2.05, 4.69) is 74.3 Å². The topological polar surface area (TPSA) is 34.0 Å².